The van der Waals surface area contributed by atoms with Gasteiger partial charge in [-0.25, -0.2) is 0 Å². The summed E-state index contributed by atoms with van der Waals surface area (Å²) < 4.78 is 0. The third-order valence-corrected chi connectivity index (χ3v) is 4.49. The topological polar surface area (TPSA) is 0 Å². The zero-order valence-corrected chi connectivity index (χ0v) is 14.5. The third-order valence-electron chi connectivity index (χ3n) is 4.49. The quantitative estimate of drug-likeness (QED) is 0.451. The van der Waals surface area contributed by atoms with Crippen molar-refractivity contribution < 1.29 is 0 Å². The van der Waals surface area contributed by atoms with Crippen LogP contribution < -0.4 is 5.46 Å². The summed E-state index contributed by atoms with van der Waals surface area (Å²) in [4.78, 5) is 0. The second-order valence-corrected chi connectivity index (χ2v) is 6.28. The molecule has 122 valence electrons. The molecular formula is C25H19B. The van der Waals surface area contributed by atoms with Crippen molar-refractivity contribution in [1.82, 2.24) is 0 Å². The van der Waals surface area contributed by atoms with Gasteiger partial charge in [0.05, 0.1) is 0 Å². The first-order valence-corrected chi connectivity index (χ1v) is 8.88. The van der Waals surface area contributed by atoms with Crippen LogP contribution in [-0.2, 0) is 0 Å². The van der Waals surface area contributed by atoms with Crippen LogP contribution in [0.15, 0.2) is 109 Å². The molecule has 4 aromatic rings. The van der Waals surface area contributed by atoms with Gasteiger partial charge in [-0.05, 0) is 0 Å². The van der Waals surface area contributed by atoms with E-state index in [0.717, 1.165) is 0 Å². The van der Waals surface area contributed by atoms with Gasteiger partial charge in [0, 0.05) is 0 Å². The molecule has 0 fully saturated rings. The molecule has 0 spiro atoms. The van der Waals surface area contributed by atoms with E-state index in [2.05, 4.69) is 116 Å². The zero-order valence-electron chi connectivity index (χ0n) is 14.5. The predicted molar refractivity (Wildman–Crippen MR) is 114 cm³/mol. The Kier molecular flexibility index (Phi) is 4.89. The van der Waals surface area contributed by atoms with Crippen molar-refractivity contribution in [3.8, 4) is 22.3 Å². The van der Waals surface area contributed by atoms with E-state index in [4.69, 9.17) is 0 Å². The van der Waals surface area contributed by atoms with Crippen molar-refractivity contribution >= 4 is 18.4 Å². The van der Waals surface area contributed by atoms with E-state index in [1.807, 2.05) is 6.07 Å². The van der Waals surface area contributed by atoms with Gasteiger partial charge in [-0.2, -0.15) is 0 Å². The molecule has 0 saturated heterocycles. The van der Waals surface area contributed by atoms with Crippen LogP contribution in [0.2, 0.25) is 0 Å². The molecule has 0 aliphatic rings. The molecule has 0 aliphatic carbocycles. The number of rotatable bonds is 4. The van der Waals surface area contributed by atoms with E-state index in [0.29, 0.717) is 0 Å². The van der Waals surface area contributed by atoms with E-state index >= 15 is 0 Å². The van der Waals surface area contributed by atoms with Crippen LogP contribution in [0.5, 0.6) is 0 Å². The van der Waals surface area contributed by atoms with Crippen LogP contribution in [0.1, 0.15) is 5.56 Å². The summed E-state index contributed by atoms with van der Waals surface area (Å²) in [5.74, 6) is 2.19. The van der Waals surface area contributed by atoms with E-state index < -0.39 is 0 Å². The Hall–Kier alpha value is -3.19. The summed E-state index contributed by atoms with van der Waals surface area (Å²) in [5, 5.41) is 0. The molecule has 0 amide bonds. The van der Waals surface area contributed by atoms with Crippen LogP contribution in [0.3, 0.4) is 0 Å². The standard InChI is InChI=1S/C25H19B/c1-3-11-21(12-4-1)23-15-9-10-20(18-23)19-26-25-17-8-7-16-24(25)22-13-5-2-6-14-22/h1-19H. The fourth-order valence-corrected chi connectivity index (χ4v) is 3.16. The van der Waals surface area contributed by atoms with E-state index in [-0.39, 0.29) is 0 Å². The summed E-state index contributed by atoms with van der Waals surface area (Å²) in [6.45, 7) is 2.20. The minimum atomic E-state index is 1.20. The van der Waals surface area contributed by atoms with E-state index in [1.54, 1.807) is 0 Å². The van der Waals surface area contributed by atoms with Crippen LogP contribution in [0, 0.1) is 0 Å². The Morgan fingerprint density at radius 2 is 1.12 bits per heavy atom. The molecule has 0 heterocycles. The van der Waals surface area contributed by atoms with Crippen LogP contribution in [0.25, 0.3) is 22.3 Å². The number of hydrogen-bond acceptors (Lipinski definition) is 0. The summed E-state index contributed by atoms with van der Waals surface area (Å²) in [5.41, 5.74) is 7.41. The molecule has 0 saturated carbocycles. The third kappa shape index (κ3) is 3.73. The molecule has 0 bridgehead atoms. The van der Waals surface area contributed by atoms with Gasteiger partial charge in [0.2, 0.25) is 0 Å². The first-order chi connectivity index (χ1) is 12.9. The van der Waals surface area contributed by atoms with Crippen LogP contribution in [0.4, 0.5) is 0 Å². The molecule has 0 unspecified atom stereocenters. The fraction of sp³-hybridized carbons (Fsp3) is 0. The maximum absolute atomic E-state index is 2.23. The summed E-state index contributed by atoms with van der Waals surface area (Å²) >= 11 is 0. The minimum absolute atomic E-state index is 1.20. The van der Waals surface area contributed by atoms with Gasteiger partial charge >= 0.3 is 155 Å². The molecule has 4 aromatic carbocycles. The molecule has 0 N–H and O–H groups in total. The van der Waals surface area contributed by atoms with Gasteiger partial charge in [0.1, 0.15) is 0 Å². The first kappa shape index (κ1) is 16.3. The van der Waals surface area contributed by atoms with Gasteiger partial charge in [-0.15, -0.1) is 0 Å². The summed E-state index contributed by atoms with van der Waals surface area (Å²) in [6, 6.07) is 38.2. The Morgan fingerprint density at radius 3 is 1.88 bits per heavy atom. The molecule has 0 radical (unpaired) electrons. The molecule has 0 nitrogen and oxygen atoms in total. The first-order valence-electron chi connectivity index (χ1n) is 8.88. The van der Waals surface area contributed by atoms with Gasteiger partial charge in [-0.3, -0.25) is 0 Å². The SMILES string of the molecule is B(=Cc1cccc(-c2ccccc2)c1)c1ccccc1-c1ccccc1. The van der Waals surface area contributed by atoms with Crippen LogP contribution in [-0.4, -0.2) is 12.9 Å². The summed E-state index contributed by atoms with van der Waals surface area (Å²) in [7, 11) is 0. The zero-order chi connectivity index (χ0) is 17.6. The Balaban J connectivity index is 1.66. The fourth-order valence-electron chi connectivity index (χ4n) is 3.16. The van der Waals surface area contributed by atoms with E-state index in [1.165, 1.54) is 33.3 Å². The number of hydrogen-bond donors (Lipinski definition) is 0. The van der Waals surface area contributed by atoms with Crippen molar-refractivity contribution in [2.75, 3.05) is 0 Å². The maximum atomic E-state index is 2.23. The second kappa shape index (κ2) is 7.80. The Labute approximate surface area is 155 Å². The second-order valence-electron chi connectivity index (χ2n) is 6.28. The van der Waals surface area contributed by atoms with Crippen LogP contribution >= 0.6 is 0 Å². The molecule has 0 aromatic heterocycles. The molecule has 0 atom stereocenters. The molecule has 4 rings (SSSR count). The molecule has 26 heavy (non-hydrogen) atoms. The van der Waals surface area contributed by atoms with Gasteiger partial charge in [0.15, 0.2) is 0 Å². The Morgan fingerprint density at radius 1 is 0.500 bits per heavy atom. The van der Waals surface area contributed by atoms with Crippen molar-refractivity contribution in [1.29, 1.82) is 0 Å². The molecular weight excluding hydrogens is 311 g/mol. The summed E-state index contributed by atoms with van der Waals surface area (Å²) in [6.07, 6.45) is 0. The van der Waals surface area contributed by atoms with Gasteiger partial charge in [-0.1, -0.05) is 0 Å². The Bertz CT molecular complexity index is 1020. The molecule has 0 aliphatic heterocycles. The van der Waals surface area contributed by atoms with Crippen molar-refractivity contribution in [3.63, 3.8) is 0 Å². The average molecular weight is 330 g/mol. The average Bonchev–Trinajstić information content (AvgIpc) is 2.74. The van der Waals surface area contributed by atoms with Crippen molar-refractivity contribution in [2.45, 2.75) is 0 Å². The van der Waals surface area contributed by atoms with Crippen molar-refractivity contribution in [2.24, 2.45) is 0 Å². The van der Waals surface area contributed by atoms with Gasteiger partial charge in [0.25, 0.3) is 0 Å². The van der Waals surface area contributed by atoms with Gasteiger partial charge < -0.3 is 0 Å². The molecule has 1 heteroatoms. The van der Waals surface area contributed by atoms with E-state index in [9.17, 15) is 0 Å². The monoisotopic (exact) mass is 330 g/mol. The normalized spacial score (nSPS) is 10.6. The number of benzene rings is 4. The predicted octanol–water partition coefficient (Wildman–Crippen LogP) is 5.20. The van der Waals surface area contributed by atoms with Crippen molar-refractivity contribution in [3.05, 3.63) is 115 Å².